The average molecular weight is 403 g/mol. The smallest absolute Gasteiger partial charge is 0.261 e. The monoisotopic (exact) mass is 401 g/mol. The summed E-state index contributed by atoms with van der Waals surface area (Å²) >= 11 is 9.20. The van der Waals surface area contributed by atoms with Crippen LogP contribution in [0.15, 0.2) is 21.5 Å². The number of amides is 1. The number of carbonyl (C=O) groups excluding carboxylic acids is 1. The van der Waals surface area contributed by atoms with Crippen LogP contribution in [-0.2, 0) is 13.8 Å². The van der Waals surface area contributed by atoms with E-state index >= 15 is 0 Å². The Labute approximate surface area is 134 Å². The first-order valence-electron chi connectivity index (χ1n) is 5.61. The molecule has 110 valence electrons. The maximum absolute atomic E-state index is 12.4. The lowest BCUT2D eigenvalue weighted by atomic mass is 10.2. The summed E-state index contributed by atoms with van der Waals surface area (Å²) in [5.74, 6) is -0.346. The number of ether oxygens (including phenoxy) is 1. The van der Waals surface area contributed by atoms with Gasteiger partial charge < -0.3 is 9.64 Å². The molecular weight excluding hydrogens is 393 g/mol. The van der Waals surface area contributed by atoms with Crippen molar-refractivity contribution in [3.8, 4) is 0 Å². The molecule has 1 aromatic rings. The number of hydrogen-bond donors (Lipinski definition) is 0. The molecule has 0 atom stereocenters. The van der Waals surface area contributed by atoms with Gasteiger partial charge in [0.2, 0.25) is 0 Å². The number of morpholine rings is 1. The van der Waals surface area contributed by atoms with Crippen LogP contribution in [0.4, 0.5) is 0 Å². The fourth-order valence-corrected chi connectivity index (χ4v) is 3.38. The Balaban J connectivity index is 2.44. The number of nitrogens with zero attached hydrogens (tertiary/aromatic N) is 1. The minimum Gasteiger partial charge on any atom is -0.378 e. The van der Waals surface area contributed by atoms with Crippen molar-refractivity contribution in [2.45, 2.75) is 4.90 Å². The van der Waals surface area contributed by atoms with E-state index in [0.717, 1.165) is 0 Å². The zero-order valence-corrected chi connectivity index (χ0v) is 14.0. The van der Waals surface area contributed by atoms with Crippen molar-refractivity contribution in [1.82, 2.24) is 4.90 Å². The quantitative estimate of drug-likeness (QED) is 0.713. The van der Waals surface area contributed by atoms with Crippen LogP contribution in [0.3, 0.4) is 0 Å². The highest BCUT2D eigenvalue weighted by atomic mass is 79.9. The maximum Gasteiger partial charge on any atom is 0.261 e. The number of carbonyl (C=O) groups is 1. The molecule has 0 bridgehead atoms. The zero-order valence-electron chi connectivity index (χ0n) is 10.1. The van der Waals surface area contributed by atoms with Crippen LogP contribution in [-0.4, -0.2) is 45.5 Å². The predicted octanol–water partition coefficient (Wildman–Crippen LogP) is 2.50. The van der Waals surface area contributed by atoms with Crippen molar-refractivity contribution >= 4 is 53.2 Å². The van der Waals surface area contributed by atoms with Gasteiger partial charge in [0.15, 0.2) is 0 Å². The van der Waals surface area contributed by atoms with Crippen molar-refractivity contribution in [3.05, 3.63) is 27.2 Å². The molecule has 1 fully saturated rings. The van der Waals surface area contributed by atoms with Gasteiger partial charge in [-0.15, -0.1) is 0 Å². The van der Waals surface area contributed by atoms with Gasteiger partial charge in [-0.2, -0.15) is 0 Å². The second-order valence-electron chi connectivity index (χ2n) is 4.11. The van der Waals surface area contributed by atoms with Crippen molar-refractivity contribution in [2.24, 2.45) is 0 Å². The van der Waals surface area contributed by atoms with Crippen LogP contribution in [0.25, 0.3) is 0 Å². The molecule has 1 amide bonds. The molecule has 9 heteroatoms. The van der Waals surface area contributed by atoms with E-state index in [4.69, 9.17) is 27.0 Å². The molecule has 2 rings (SSSR count). The van der Waals surface area contributed by atoms with E-state index in [-0.39, 0.29) is 21.4 Å². The average Bonchev–Trinajstić information content (AvgIpc) is 2.40. The third-order valence-corrected chi connectivity index (χ3v) is 5.41. The minimum atomic E-state index is -3.94. The standard InChI is InChI=1S/C11H10BrCl2NO4S/c12-9-6-7(20(14,17)18)5-8(10(9)13)11(16)15-1-3-19-4-2-15/h5-6H,1-4H2. The van der Waals surface area contributed by atoms with E-state index in [1.807, 2.05) is 0 Å². The highest BCUT2D eigenvalue weighted by molar-refractivity contribution is 9.10. The third kappa shape index (κ3) is 3.46. The van der Waals surface area contributed by atoms with Crippen LogP contribution in [0.2, 0.25) is 5.02 Å². The molecule has 20 heavy (non-hydrogen) atoms. The lowest BCUT2D eigenvalue weighted by Crippen LogP contribution is -2.40. The van der Waals surface area contributed by atoms with Crippen LogP contribution in [0.5, 0.6) is 0 Å². The van der Waals surface area contributed by atoms with Gasteiger partial charge in [0.05, 0.1) is 28.7 Å². The number of benzene rings is 1. The lowest BCUT2D eigenvalue weighted by molar-refractivity contribution is 0.0303. The molecule has 0 N–H and O–H groups in total. The zero-order chi connectivity index (χ0) is 14.9. The third-order valence-electron chi connectivity index (χ3n) is 2.81. The Morgan fingerprint density at radius 3 is 2.45 bits per heavy atom. The van der Waals surface area contributed by atoms with E-state index in [0.29, 0.717) is 30.8 Å². The summed E-state index contributed by atoms with van der Waals surface area (Å²) in [6.45, 7) is 1.76. The van der Waals surface area contributed by atoms with E-state index in [2.05, 4.69) is 15.9 Å². The summed E-state index contributed by atoms with van der Waals surface area (Å²) in [6, 6.07) is 2.45. The van der Waals surface area contributed by atoms with Gasteiger partial charge in [0, 0.05) is 28.2 Å². The van der Waals surface area contributed by atoms with Crippen molar-refractivity contribution in [2.75, 3.05) is 26.3 Å². The Morgan fingerprint density at radius 2 is 1.90 bits per heavy atom. The predicted molar refractivity (Wildman–Crippen MR) is 78.9 cm³/mol. The summed E-state index contributed by atoms with van der Waals surface area (Å²) in [6.07, 6.45) is 0. The molecular formula is C11H10BrCl2NO4S. The van der Waals surface area contributed by atoms with E-state index in [1.54, 1.807) is 4.90 Å². The van der Waals surface area contributed by atoms with Gasteiger partial charge in [-0.3, -0.25) is 4.79 Å². The highest BCUT2D eigenvalue weighted by Crippen LogP contribution is 2.32. The van der Waals surface area contributed by atoms with Gasteiger partial charge in [-0.05, 0) is 28.1 Å². The molecule has 0 aliphatic carbocycles. The summed E-state index contributed by atoms with van der Waals surface area (Å²) in [7, 11) is 1.37. The number of rotatable bonds is 2. The first kappa shape index (κ1) is 16.0. The molecule has 0 radical (unpaired) electrons. The molecule has 0 saturated carbocycles. The summed E-state index contributed by atoms with van der Waals surface area (Å²) < 4.78 is 28.3. The summed E-state index contributed by atoms with van der Waals surface area (Å²) in [4.78, 5) is 13.8. The van der Waals surface area contributed by atoms with E-state index in [1.165, 1.54) is 12.1 Å². The van der Waals surface area contributed by atoms with Crippen LogP contribution in [0, 0.1) is 0 Å². The van der Waals surface area contributed by atoms with Crippen molar-refractivity contribution in [1.29, 1.82) is 0 Å². The summed E-state index contributed by atoms with van der Waals surface area (Å²) in [5.41, 5.74) is 0.0992. The number of halogens is 3. The molecule has 1 aromatic carbocycles. The molecule has 1 aliphatic rings. The number of hydrogen-bond acceptors (Lipinski definition) is 4. The topological polar surface area (TPSA) is 63.7 Å². The van der Waals surface area contributed by atoms with Crippen LogP contribution in [0.1, 0.15) is 10.4 Å². The van der Waals surface area contributed by atoms with E-state index in [9.17, 15) is 13.2 Å². The van der Waals surface area contributed by atoms with Crippen molar-refractivity contribution < 1.29 is 17.9 Å². The van der Waals surface area contributed by atoms with Gasteiger partial charge in [0.1, 0.15) is 0 Å². The normalized spacial score (nSPS) is 16.2. The molecule has 1 heterocycles. The molecule has 1 saturated heterocycles. The molecule has 0 unspecified atom stereocenters. The molecule has 5 nitrogen and oxygen atoms in total. The van der Waals surface area contributed by atoms with Gasteiger partial charge >= 0.3 is 0 Å². The summed E-state index contributed by atoms with van der Waals surface area (Å²) in [5, 5.41) is 0.158. The first-order valence-corrected chi connectivity index (χ1v) is 9.09. The highest BCUT2D eigenvalue weighted by Gasteiger charge is 2.24. The van der Waals surface area contributed by atoms with Crippen LogP contribution >= 0.6 is 38.2 Å². The van der Waals surface area contributed by atoms with Gasteiger partial charge in [-0.25, -0.2) is 8.42 Å². The molecule has 0 spiro atoms. The fraction of sp³-hybridized carbons (Fsp3) is 0.364. The van der Waals surface area contributed by atoms with Gasteiger partial charge in [0.25, 0.3) is 15.0 Å². The SMILES string of the molecule is O=C(c1cc(S(=O)(=O)Cl)cc(Br)c1Cl)N1CCOCC1. The van der Waals surface area contributed by atoms with E-state index < -0.39 is 9.05 Å². The second-order valence-corrected chi connectivity index (χ2v) is 7.91. The first-order chi connectivity index (χ1) is 9.30. The molecule has 1 aliphatic heterocycles. The maximum atomic E-state index is 12.4. The Kier molecular flexibility index (Phi) is 4.96. The second kappa shape index (κ2) is 6.19. The largest absolute Gasteiger partial charge is 0.378 e. The van der Waals surface area contributed by atoms with Crippen LogP contribution < -0.4 is 0 Å². The molecule has 0 aromatic heterocycles. The van der Waals surface area contributed by atoms with Crippen molar-refractivity contribution in [3.63, 3.8) is 0 Å². The minimum absolute atomic E-state index is 0.0992. The Bertz CT molecular complexity index is 644. The lowest BCUT2D eigenvalue weighted by Gasteiger charge is -2.27. The fourth-order valence-electron chi connectivity index (χ4n) is 1.80. The Morgan fingerprint density at radius 1 is 1.30 bits per heavy atom. The Hall–Kier alpha value is -0.340. The van der Waals surface area contributed by atoms with Gasteiger partial charge in [-0.1, -0.05) is 11.6 Å².